The molecule has 0 aromatic heterocycles. The largest absolute Gasteiger partial charge is 0.368 e. The molecule has 2 rings (SSSR count). The lowest BCUT2D eigenvalue weighted by molar-refractivity contribution is -0.136. The number of likely N-dealkylation sites (tertiary alicyclic amines) is 1. The normalized spacial score (nSPS) is 24.1. The molecule has 20 heavy (non-hydrogen) atoms. The van der Waals surface area contributed by atoms with Crippen LogP contribution in [0.25, 0.3) is 0 Å². The Morgan fingerprint density at radius 2 is 1.90 bits per heavy atom. The lowest BCUT2D eigenvalue weighted by Crippen LogP contribution is -2.50. The minimum atomic E-state index is -0.423. The Balaban J connectivity index is 1.68. The number of nitrogens with one attached hydrogen (secondary N) is 2. The van der Waals surface area contributed by atoms with Gasteiger partial charge in [0.05, 0.1) is 6.54 Å². The fourth-order valence-electron chi connectivity index (χ4n) is 2.57. The molecule has 2 N–H and O–H groups in total. The van der Waals surface area contributed by atoms with Gasteiger partial charge >= 0.3 is 0 Å². The Morgan fingerprint density at radius 3 is 2.50 bits per heavy atom. The van der Waals surface area contributed by atoms with Crippen LogP contribution < -0.4 is 10.9 Å². The van der Waals surface area contributed by atoms with Gasteiger partial charge in [0, 0.05) is 12.5 Å². The van der Waals surface area contributed by atoms with Crippen LogP contribution in [-0.2, 0) is 14.3 Å². The van der Waals surface area contributed by atoms with Crippen molar-refractivity contribution >= 4 is 11.8 Å². The van der Waals surface area contributed by atoms with Crippen LogP contribution in [0.4, 0.5) is 0 Å². The van der Waals surface area contributed by atoms with Crippen molar-refractivity contribution in [1.29, 1.82) is 0 Å². The molecule has 2 aliphatic rings. The molecule has 6 heteroatoms. The summed E-state index contributed by atoms with van der Waals surface area (Å²) in [6.07, 6.45) is 7.98. The van der Waals surface area contributed by atoms with Crippen LogP contribution in [0.2, 0.25) is 0 Å². The van der Waals surface area contributed by atoms with Gasteiger partial charge in [-0.05, 0) is 38.8 Å². The Hall–Kier alpha value is -1.58. The number of hydrazine groups is 1. The highest BCUT2D eigenvalue weighted by Crippen LogP contribution is 2.16. The van der Waals surface area contributed by atoms with Gasteiger partial charge in [-0.2, -0.15) is 0 Å². The van der Waals surface area contributed by atoms with Gasteiger partial charge < -0.3 is 4.74 Å². The van der Waals surface area contributed by atoms with Crippen LogP contribution in [0.5, 0.6) is 0 Å². The van der Waals surface area contributed by atoms with Crippen LogP contribution in [-0.4, -0.2) is 49.1 Å². The van der Waals surface area contributed by atoms with Crippen molar-refractivity contribution in [1.82, 2.24) is 15.8 Å². The quantitative estimate of drug-likeness (QED) is 0.548. The zero-order valence-corrected chi connectivity index (χ0v) is 11.6. The lowest BCUT2D eigenvalue weighted by atomic mass is 9.96. The van der Waals surface area contributed by atoms with Gasteiger partial charge in [-0.25, -0.2) is 0 Å². The van der Waals surface area contributed by atoms with E-state index in [1.807, 2.05) is 0 Å². The summed E-state index contributed by atoms with van der Waals surface area (Å²) in [5.74, 6) is 2.15. The molecule has 2 aliphatic heterocycles. The summed E-state index contributed by atoms with van der Waals surface area (Å²) in [5, 5.41) is 0. The Bertz CT molecular complexity index is 391. The van der Waals surface area contributed by atoms with Gasteiger partial charge in [-0.3, -0.25) is 25.3 Å². The first-order chi connectivity index (χ1) is 9.70. The van der Waals surface area contributed by atoms with Crippen molar-refractivity contribution in [3.63, 3.8) is 0 Å². The van der Waals surface area contributed by atoms with Crippen LogP contribution in [0, 0.1) is 18.3 Å². The molecule has 0 spiro atoms. The van der Waals surface area contributed by atoms with Gasteiger partial charge in [0.25, 0.3) is 5.91 Å². The summed E-state index contributed by atoms with van der Waals surface area (Å²) in [6.45, 7) is 2.88. The SMILES string of the molecule is C#CCN1CCC(C(=O)NNC(=O)C2CCCO2)CC1. The maximum Gasteiger partial charge on any atom is 0.267 e. The molecular formula is C14H21N3O3. The van der Waals surface area contributed by atoms with Gasteiger partial charge in [0.15, 0.2) is 0 Å². The van der Waals surface area contributed by atoms with Crippen molar-refractivity contribution in [3.05, 3.63) is 0 Å². The third-order valence-electron chi connectivity index (χ3n) is 3.80. The topological polar surface area (TPSA) is 70.7 Å². The summed E-state index contributed by atoms with van der Waals surface area (Å²) in [6, 6.07) is 0. The number of hydrogen-bond acceptors (Lipinski definition) is 4. The van der Waals surface area contributed by atoms with E-state index in [1.165, 1.54) is 0 Å². The van der Waals surface area contributed by atoms with Crippen LogP contribution in [0.1, 0.15) is 25.7 Å². The highest BCUT2D eigenvalue weighted by Gasteiger charge is 2.27. The molecule has 0 radical (unpaired) electrons. The van der Waals surface area contributed by atoms with Gasteiger partial charge in [-0.1, -0.05) is 5.92 Å². The molecule has 2 fully saturated rings. The number of piperidine rings is 1. The molecule has 0 aliphatic carbocycles. The average molecular weight is 279 g/mol. The maximum absolute atomic E-state index is 12.0. The van der Waals surface area contributed by atoms with Crippen LogP contribution in [0.3, 0.4) is 0 Å². The highest BCUT2D eigenvalue weighted by molar-refractivity contribution is 5.85. The summed E-state index contributed by atoms with van der Waals surface area (Å²) in [4.78, 5) is 25.8. The van der Waals surface area contributed by atoms with Gasteiger partial charge in [0.2, 0.25) is 5.91 Å². The first-order valence-electron chi connectivity index (χ1n) is 7.08. The standard InChI is InChI=1S/C14H21N3O3/c1-2-7-17-8-5-11(6-9-17)13(18)15-16-14(19)12-4-3-10-20-12/h1,11-12H,3-10H2,(H,15,18)(H,16,19). The number of hydrogen-bond donors (Lipinski definition) is 2. The van der Waals surface area contributed by atoms with Crippen molar-refractivity contribution in [2.45, 2.75) is 31.8 Å². The smallest absolute Gasteiger partial charge is 0.267 e. The number of rotatable bonds is 3. The van der Waals surface area contributed by atoms with E-state index in [1.54, 1.807) is 0 Å². The van der Waals surface area contributed by atoms with E-state index < -0.39 is 6.10 Å². The number of carbonyl (C=O) groups is 2. The molecule has 6 nitrogen and oxygen atoms in total. The number of carbonyl (C=O) groups excluding carboxylic acids is 2. The number of ether oxygens (including phenoxy) is 1. The van der Waals surface area contributed by atoms with E-state index in [9.17, 15) is 9.59 Å². The second kappa shape index (κ2) is 7.27. The highest BCUT2D eigenvalue weighted by atomic mass is 16.5. The molecule has 1 unspecified atom stereocenters. The molecule has 0 saturated carbocycles. The molecule has 2 saturated heterocycles. The number of terminal acetylenes is 1. The predicted molar refractivity (Wildman–Crippen MR) is 73.3 cm³/mol. The molecule has 1 atom stereocenters. The first-order valence-corrected chi connectivity index (χ1v) is 7.08. The lowest BCUT2D eigenvalue weighted by Gasteiger charge is -2.29. The minimum Gasteiger partial charge on any atom is -0.368 e. The monoisotopic (exact) mass is 279 g/mol. The predicted octanol–water partition coefficient (Wildman–Crippen LogP) is -0.342. The Kier molecular flexibility index (Phi) is 5.39. The second-order valence-corrected chi connectivity index (χ2v) is 5.23. The molecule has 0 bridgehead atoms. The van der Waals surface area contributed by atoms with Gasteiger partial charge in [0.1, 0.15) is 6.10 Å². The molecule has 0 aromatic rings. The molecular weight excluding hydrogens is 258 g/mol. The van der Waals surface area contributed by atoms with E-state index in [0.717, 1.165) is 32.4 Å². The van der Waals surface area contributed by atoms with Crippen molar-refractivity contribution in [2.24, 2.45) is 5.92 Å². The average Bonchev–Trinajstić information content (AvgIpc) is 3.00. The van der Waals surface area contributed by atoms with Crippen molar-refractivity contribution in [3.8, 4) is 12.3 Å². The van der Waals surface area contributed by atoms with Crippen molar-refractivity contribution in [2.75, 3.05) is 26.2 Å². The Morgan fingerprint density at radius 1 is 1.20 bits per heavy atom. The zero-order valence-electron chi connectivity index (χ0n) is 11.6. The third kappa shape index (κ3) is 3.95. The van der Waals surface area contributed by atoms with E-state index >= 15 is 0 Å². The third-order valence-corrected chi connectivity index (χ3v) is 3.80. The molecule has 0 aromatic carbocycles. The maximum atomic E-state index is 12.0. The minimum absolute atomic E-state index is 0.0613. The summed E-state index contributed by atoms with van der Waals surface area (Å²) in [5.41, 5.74) is 4.95. The molecule has 110 valence electrons. The van der Waals surface area contributed by atoms with Crippen LogP contribution in [0.15, 0.2) is 0 Å². The van der Waals surface area contributed by atoms with E-state index in [4.69, 9.17) is 11.2 Å². The molecule has 2 heterocycles. The van der Waals surface area contributed by atoms with Crippen LogP contribution >= 0.6 is 0 Å². The fraction of sp³-hybridized carbons (Fsp3) is 0.714. The number of nitrogens with zero attached hydrogens (tertiary/aromatic N) is 1. The fourth-order valence-corrected chi connectivity index (χ4v) is 2.57. The summed E-state index contributed by atoms with van der Waals surface area (Å²) in [7, 11) is 0. The first kappa shape index (κ1) is 14.8. The second-order valence-electron chi connectivity index (χ2n) is 5.23. The number of amides is 2. The van der Waals surface area contributed by atoms with E-state index in [2.05, 4.69) is 21.7 Å². The molecule has 2 amide bonds. The van der Waals surface area contributed by atoms with E-state index in [-0.39, 0.29) is 17.7 Å². The zero-order chi connectivity index (χ0) is 14.4. The van der Waals surface area contributed by atoms with Gasteiger partial charge in [-0.15, -0.1) is 6.42 Å². The Labute approximate surface area is 119 Å². The van der Waals surface area contributed by atoms with Crippen molar-refractivity contribution < 1.29 is 14.3 Å². The summed E-state index contributed by atoms with van der Waals surface area (Å²) < 4.78 is 5.24. The van der Waals surface area contributed by atoms with E-state index in [0.29, 0.717) is 19.6 Å². The summed E-state index contributed by atoms with van der Waals surface area (Å²) >= 11 is 0.